The van der Waals surface area contributed by atoms with Crippen molar-refractivity contribution in [3.63, 3.8) is 0 Å². The third-order valence-electron chi connectivity index (χ3n) is 4.36. The maximum Gasteiger partial charge on any atom is 0.494 e. The molecule has 0 spiro atoms. The molecule has 0 atom stereocenters. The molecule has 2 rings (SSSR count). The average molecular weight is 327 g/mol. The number of rotatable bonds is 4. The Bertz CT molecular complexity index is 687. The van der Waals surface area contributed by atoms with Crippen LogP contribution in [0.1, 0.15) is 40.2 Å². The Hall–Kier alpha value is -2.10. The van der Waals surface area contributed by atoms with Crippen molar-refractivity contribution in [1.82, 2.24) is 0 Å². The van der Waals surface area contributed by atoms with Crippen molar-refractivity contribution in [2.45, 2.75) is 45.8 Å². The lowest BCUT2D eigenvalue weighted by atomic mass is 9.78. The van der Waals surface area contributed by atoms with E-state index in [1.807, 2.05) is 58.0 Å². The van der Waals surface area contributed by atoms with Gasteiger partial charge in [-0.1, -0.05) is 24.3 Å². The van der Waals surface area contributed by atoms with Crippen LogP contribution in [0, 0.1) is 11.3 Å². The van der Waals surface area contributed by atoms with Crippen LogP contribution in [0.3, 0.4) is 0 Å². The quantitative estimate of drug-likeness (QED) is 0.368. The number of carbonyl (C=O) groups excluding carboxylic acids is 1. The summed E-state index contributed by atoms with van der Waals surface area (Å²) in [5.74, 6) is -0.624. The van der Waals surface area contributed by atoms with Gasteiger partial charge in [0.25, 0.3) is 0 Å². The van der Waals surface area contributed by atoms with Gasteiger partial charge in [-0.15, -0.1) is 0 Å². The Morgan fingerprint density at radius 3 is 2.46 bits per heavy atom. The summed E-state index contributed by atoms with van der Waals surface area (Å²) in [6, 6.07) is 9.27. The monoisotopic (exact) mass is 327 g/mol. The molecular formula is C18H22BNO4. The zero-order valence-corrected chi connectivity index (χ0v) is 14.8. The highest BCUT2D eigenvalue weighted by Crippen LogP contribution is 2.36. The van der Waals surface area contributed by atoms with Crippen LogP contribution in [0.4, 0.5) is 0 Å². The van der Waals surface area contributed by atoms with Crippen LogP contribution < -0.4 is 5.46 Å². The molecule has 24 heavy (non-hydrogen) atoms. The standard InChI is InChI=1S/C18H22BNO4/c1-6-22-16(21)14(12-20)10-13-8-7-9-15(11-13)19-23-17(2,3)18(4,5)24-19/h7-11H,6H2,1-5H3/b14-10+. The predicted octanol–water partition coefficient (Wildman–Crippen LogP) is 2.46. The minimum atomic E-state index is -0.624. The summed E-state index contributed by atoms with van der Waals surface area (Å²) in [6.07, 6.45) is 1.51. The van der Waals surface area contributed by atoms with Gasteiger partial charge in [0.05, 0.1) is 17.8 Å². The van der Waals surface area contributed by atoms with E-state index in [4.69, 9.17) is 19.3 Å². The highest BCUT2D eigenvalue weighted by atomic mass is 16.7. The summed E-state index contributed by atoms with van der Waals surface area (Å²) >= 11 is 0. The first-order chi connectivity index (χ1) is 11.2. The van der Waals surface area contributed by atoms with Crippen LogP contribution in [0.25, 0.3) is 6.08 Å². The van der Waals surface area contributed by atoms with Crippen LogP contribution in [0.2, 0.25) is 0 Å². The van der Waals surface area contributed by atoms with Gasteiger partial charge in [0.1, 0.15) is 11.6 Å². The summed E-state index contributed by atoms with van der Waals surface area (Å²) in [4.78, 5) is 11.7. The second-order valence-electron chi connectivity index (χ2n) is 6.65. The highest BCUT2D eigenvalue weighted by molar-refractivity contribution is 6.62. The number of nitriles is 1. The second kappa shape index (κ2) is 6.80. The molecule has 6 heteroatoms. The van der Waals surface area contributed by atoms with Gasteiger partial charge in [-0.3, -0.25) is 0 Å². The van der Waals surface area contributed by atoms with Gasteiger partial charge in [-0.25, -0.2) is 4.79 Å². The lowest BCUT2D eigenvalue weighted by Crippen LogP contribution is -2.41. The number of benzene rings is 1. The molecule has 1 aromatic rings. The van der Waals surface area contributed by atoms with Gasteiger partial charge in [-0.2, -0.15) is 5.26 Å². The Morgan fingerprint density at radius 2 is 1.92 bits per heavy atom. The summed E-state index contributed by atoms with van der Waals surface area (Å²) in [5.41, 5.74) is 0.664. The van der Waals surface area contributed by atoms with E-state index in [0.717, 1.165) is 5.46 Å². The molecule has 1 aliphatic heterocycles. The fraction of sp³-hybridized carbons (Fsp3) is 0.444. The maximum atomic E-state index is 11.7. The van der Waals surface area contributed by atoms with Crippen molar-refractivity contribution in [2.24, 2.45) is 0 Å². The number of ether oxygens (including phenoxy) is 1. The molecule has 0 unspecified atom stereocenters. The molecule has 126 valence electrons. The smallest absolute Gasteiger partial charge is 0.462 e. The SMILES string of the molecule is CCOC(=O)/C(C#N)=C/c1cccc(B2OC(C)(C)C(C)(C)O2)c1. The van der Waals surface area contributed by atoms with Crippen molar-refractivity contribution >= 4 is 24.6 Å². The molecular weight excluding hydrogens is 305 g/mol. The molecule has 0 N–H and O–H groups in total. The van der Waals surface area contributed by atoms with Gasteiger partial charge in [0.15, 0.2) is 0 Å². The molecule has 0 bridgehead atoms. The zero-order valence-electron chi connectivity index (χ0n) is 14.8. The number of esters is 1. The molecule has 5 nitrogen and oxygen atoms in total. The number of hydrogen-bond donors (Lipinski definition) is 0. The molecule has 1 saturated heterocycles. The molecule has 0 aromatic heterocycles. The fourth-order valence-corrected chi connectivity index (χ4v) is 2.29. The van der Waals surface area contributed by atoms with Crippen LogP contribution in [-0.2, 0) is 18.8 Å². The largest absolute Gasteiger partial charge is 0.494 e. The van der Waals surface area contributed by atoms with Gasteiger partial charge >= 0.3 is 13.1 Å². The lowest BCUT2D eigenvalue weighted by Gasteiger charge is -2.32. The van der Waals surface area contributed by atoms with Crippen molar-refractivity contribution in [1.29, 1.82) is 5.26 Å². The molecule has 1 aliphatic rings. The Labute approximate surface area is 143 Å². The zero-order chi connectivity index (χ0) is 18.0. The van der Waals surface area contributed by atoms with Gasteiger partial charge in [0.2, 0.25) is 0 Å². The van der Waals surface area contributed by atoms with Crippen LogP contribution in [-0.4, -0.2) is 30.9 Å². The normalized spacial score (nSPS) is 19.0. The first kappa shape index (κ1) is 18.2. The first-order valence-electron chi connectivity index (χ1n) is 7.94. The van der Waals surface area contributed by atoms with E-state index < -0.39 is 24.3 Å². The summed E-state index contributed by atoms with van der Waals surface area (Å²) in [6.45, 7) is 9.89. The van der Waals surface area contributed by atoms with Crippen molar-refractivity contribution in [3.8, 4) is 6.07 Å². The predicted molar refractivity (Wildman–Crippen MR) is 92.4 cm³/mol. The van der Waals surface area contributed by atoms with Crippen molar-refractivity contribution in [3.05, 3.63) is 35.4 Å². The minimum Gasteiger partial charge on any atom is -0.462 e. The van der Waals surface area contributed by atoms with E-state index in [1.165, 1.54) is 6.08 Å². The Balaban J connectivity index is 2.27. The first-order valence-corrected chi connectivity index (χ1v) is 7.94. The molecule has 0 radical (unpaired) electrons. The van der Waals surface area contributed by atoms with E-state index in [9.17, 15) is 4.79 Å². The van der Waals surface area contributed by atoms with E-state index in [-0.39, 0.29) is 12.2 Å². The number of hydrogen-bond acceptors (Lipinski definition) is 5. The third-order valence-corrected chi connectivity index (χ3v) is 4.36. The van der Waals surface area contributed by atoms with Crippen LogP contribution in [0.5, 0.6) is 0 Å². The molecule has 0 aliphatic carbocycles. The minimum absolute atomic E-state index is 0.0390. The second-order valence-corrected chi connectivity index (χ2v) is 6.65. The number of nitrogens with zero attached hydrogens (tertiary/aromatic N) is 1. The summed E-state index contributed by atoms with van der Waals surface area (Å²) < 4.78 is 16.9. The Kier molecular flexibility index (Phi) is 5.17. The lowest BCUT2D eigenvalue weighted by molar-refractivity contribution is -0.137. The number of carbonyl (C=O) groups is 1. The van der Waals surface area contributed by atoms with Crippen molar-refractivity contribution in [2.75, 3.05) is 6.61 Å². The molecule has 0 saturated carbocycles. The third kappa shape index (κ3) is 3.69. The molecule has 1 heterocycles. The van der Waals surface area contributed by atoms with Crippen LogP contribution in [0.15, 0.2) is 29.8 Å². The summed E-state index contributed by atoms with van der Waals surface area (Å²) in [5, 5.41) is 9.13. The summed E-state index contributed by atoms with van der Waals surface area (Å²) in [7, 11) is -0.489. The fourth-order valence-electron chi connectivity index (χ4n) is 2.29. The van der Waals surface area contributed by atoms with Crippen LogP contribution >= 0.6 is 0 Å². The van der Waals surface area contributed by atoms with E-state index in [1.54, 1.807) is 6.92 Å². The average Bonchev–Trinajstić information content (AvgIpc) is 2.73. The van der Waals surface area contributed by atoms with Gasteiger partial charge < -0.3 is 14.0 Å². The van der Waals surface area contributed by atoms with E-state index in [2.05, 4.69) is 0 Å². The Morgan fingerprint density at radius 1 is 1.29 bits per heavy atom. The van der Waals surface area contributed by atoms with Gasteiger partial charge in [0, 0.05) is 0 Å². The molecule has 1 aromatic carbocycles. The van der Waals surface area contributed by atoms with E-state index in [0.29, 0.717) is 5.56 Å². The molecule has 0 amide bonds. The van der Waals surface area contributed by atoms with Gasteiger partial charge in [-0.05, 0) is 51.7 Å². The maximum absolute atomic E-state index is 11.7. The molecule has 1 fully saturated rings. The van der Waals surface area contributed by atoms with Crippen molar-refractivity contribution < 1.29 is 18.8 Å². The highest BCUT2D eigenvalue weighted by Gasteiger charge is 2.51. The topological polar surface area (TPSA) is 68.6 Å². The van der Waals surface area contributed by atoms with E-state index >= 15 is 0 Å².